The lowest BCUT2D eigenvalue weighted by atomic mass is 9.74. The SMILES string of the molecule is CCOc1ccc([C@H]2C(C(C)=O)=C(C)NC3=C2C(=O)CCC3)cc1OC. The van der Waals surface area contributed by atoms with Gasteiger partial charge in [0.1, 0.15) is 0 Å². The van der Waals surface area contributed by atoms with Gasteiger partial charge in [0.15, 0.2) is 23.1 Å². The maximum Gasteiger partial charge on any atom is 0.161 e. The van der Waals surface area contributed by atoms with Crippen LogP contribution in [0.2, 0.25) is 0 Å². The van der Waals surface area contributed by atoms with Crippen LogP contribution in [0.1, 0.15) is 51.5 Å². The van der Waals surface area contributed by atoms with Crippen LogP contribution < -0.4 is 14.8 Å². The van der Waals surface area contributed by atoms with Crippen LogP contribution in [0.25, 0.3) is 0 Å². The fourth-order valence-electron chi connectivity index (χ4n) is 3.92. The van der Waals surface area contributed by atoms with Crippen molar-refractivity contribution in [2.24, 2.45) is 0 Å². The molecule has 0 unspecified atom stereocenters. The first-order valence-corrected chi connectivity index (χ1v) is 9.03. The summed E-state index contributed by atoms with van der Waals surface area (Å²) >= 11 is 0. The van der Waals surface area contributed by atoms with E-state index in [-0.39, 0.29) is 17.5 Å². The Morgan fingerprint density at radius 1 is 1.27 bits per heavy atom. The Labute approximate surface area is 154 Å². The average Bonchev–Trinajstić information content (AvgIpc) is 2.61. The van der Waals surface area contributed by atoms with E-state index in [1.54, 1.807) is 14.0 Å². The number of rotatable bonds is 5. The number of Topliss-reactive ketones (excluding diaryl/α,β-unsaturated/α-hetero) is 2. The molecule has 1 heterocycles. The number of hydrogen-bond acceptors (Lipinski definition) is 5. The maximum absolute atomic E-state index is 12.7. The Kier molecular flexibility index (Phi) is 5.16. The summed E-state index contributed by atoms with van der Waals surface area (Å²) in [5.74, 6) is 0.984. The number of nitrogens with one attached hydrogen (secondary N) is 1. The van der Waals surface area contributed by atoms with E-state index in [9.17, 15) is 9.59 Å². The molecule has 0 saturated carbocycles. The molecule has 5 nitrogen and oxygen atoms in total. The second kappa shape index (κ2) is 7.36. The molecule has 138 valence electrons. The molecule has 0 fully saturated rings. The van der Waals surface area contributed by atoms with Crippen LogP contribution in [0.15, 0.2) is 40.7 Å². The van der Waals surface area contributed by atoms with Gasteiger partial charge in [-0.2, -0.15) is 0 Å². The Morgan fingerprint density at radius 3 is 2.69 bits per heavy atom. The largest absolute Gasteiger partial charge is 0.493 e. The Morgan fingerprint density at radius 2 is 2.04 bits per heavy atom. The molecule has 0 spiro atoms. The van der Waals surface area contributed by atoms with Gasteiger partial charge in [0, 0.05) is 34.9 Å². The molecule has 0 radical (unpaired) electrons. The highest BCUT2D eigenvalue weighted by atomic mass is 16.5. The lowest BCUT2D eigenvalue weighted by Crippen LogP contribution is -2.33. The van der Waals surface area contributed by atoms with E-state index in [2.05, 4.69) is 5.32 Å². The Balaban J connectivity index is 2.17. The highest BCUT2D eigenvalue weighted by Crippen LogP contribution is 2.44. The summed E-state index contributed by atoms with van der Waals surface area (Å²) in [6.45, 7) is 5.91. The normalized spacial score (nSPS) is 19.8. The first-order chi connectivity index (χ1) is 12.5. The van der Waals surface area contributed by atoms with Gasteiger partial charge in [0.05, 0.1) is 13.7 Å². The smallest absolute Gasteiger partial charge is 0.161 e. The number of benzene rings is 1. The highest BCUT2D eigenvalue weighted by Gasteiger charge is 2.37. The molecule has 0 aromatic heterocycles. The van der Waals surface area contributed by atoms with Crippen molar-refractivity contribution in [2.45, 2.75) is 46.0 Å². The molecule has 0 amide bonds. The second-order valence-electron chi connectivity index (χ2n) is 6.67. The zero-order chi connectivity index (χ0) is 18.8. The van der Waals surface area contributed by atoms with E-state index >= 15 is 0 Å². The van der Waals surface area contributed by atoms with Crippen molar-refractivity contribution in [1.29, 1.82) is 0 Å². The van der Waals surface area contributed by atoms with Gasteiger partial charge in [-0.1, -0.05) is 6.07 Å². The van der Waals surface area contributed by atoms with E-state index < -0.39 is 0 Å². The van der Waals surface area contributed by atoms with Gasteiger partial charge in [-0.05, 0) is 51.3 Å². The molecule has 1 atom stereocenters. The van der Waals surface area contributed by atoms with E-state index in [0.717, 1.165) is 35.4 Å². The predicted molar refractivity (Wildman–Crippen MR) is 99.3 cm³/mol. The minimum atomic E-state index is -0.360. The van der Waals surface area contributed by atoms with Crippen molar-refractivity contribution in [3.05, 3.63) is 46.3 Å². The number of ketones is 2. The molecule has 0 bridgehead atoms. The van der Waals surface area contributed by atoms with Gasteiger partial charge in [-0.3, -0.25) is 9.59 Å². The molecule has 2 aliphatic rings. The van der Waals surface area contributed by atoms with Crippen LogP contribution in [0.5, 0.6) is 11.5 Å². The Hall–Kier alpha value is -2.56. The first kappa shape index (κ1) is 18.2. The maximum atomic E-state index is 12.7. The number of carbonyl (C=O) groups is 2. The van der Waals surface area contributed by atoms with Gasteiger partial charge < -0.3 is 14.8 Å². The molecule has 1 N–H and O–H groups in total. The summed E-state index contributed by atoms with van der Waals surface area (Å²) in [7, 11) is 1.59. The quantitative estimate of drug-likeness (QED) is 0.873. The number of allylic oxidation sites excluding steroid dienone is 4. The lowest BCUT2D eigenvalue weighted by molar-refractivity contribution is -0.116. The molecule has 1 aliphatic heterocycles. The third kappa shape index (κ3) is 3.14. The fraction of sp³-hybridized carbons (Fsp3) is 0.429. The monoisotopic (exact) mass is 355 g/mol. The molecule has 1 aromatic carbocycles. The fourth-order valence-corrected chi connectivity index (χ4v) is 3.92. The third-order valence-electron chi connectivity index (χ3n) is 4.98. The number of methoxy groups -OCH3 is 1. The zero-order valence-electron chi connectivity index (χ0n) is 15.8. The summed E-state index contributed by atoms with van der Waals surface area (Å²) in [5.41, 5.74) is 4.01. The summed E-state index contributed by atoms with van der Waals surface area (Å²) in [6, 6.07) is 5.65. The minimum absolute atomic E-state index is 0.0298. The summed E-state index contributed by atoms with van der Waals surface area (Å²) < 4.78 is 11.1. The van der Waals surface area contributed by atoms with Crippen LogP contribution in [0.3, 0.4) is 0 Å². The summed E-state index contributed by atoms with van der Waals surface area (Å²) in [6.07, 6.45) is 2.19. The van der Waals surface area contributed by atoms with Crippen molar-refractivity contribution in [2.75, 3.05) is 13.7 Å². The van der Waals surface area contributed by atoms with Crippen LogP contribution in [-0.2, 0) is 9.59 Å². The molecule has 0 saturated heterocycles. The van der Waals surface area contributed by atoms with Gasteiger partial charge in [0.25, 0.3) is 0 Å². The van der Waals surface area contributed by atoms with Crippen LogP contribution in [0, 0.1) is 0 Å². The van der Waals surface area contributed by atoms with Crippen molar-refractivity contribution < 1.29 is 19.1 Å². The number of hydrogen-bond donors (Lipinski definition) is 1. The molecule has 1 aromatic rings. The standard InChI is InChI=1S/C21H25NO4/c1-5-26-17-10-9-14(11-18(17)25-4)20-19(13(3)23)12(2)22-15-7-6-8-16(24)21(15)20/h9-11,20,22H,5-8H2,1-4H3/t20-/m0/s1. The van der Waals surface area contributed by atoms with Crippen LogP contribution in [0.4, 0.5) is 0 Å². The molecule has 5 heteroatoms. The van der Waals surface area contributed by atoms with Crippen molar-refractivity contribution in [1.82, 2.24) is 5.32 Å². The molecule has 26 heavy (non-hydrogen) atoms. The summed E-state index contributed by atoms with van der Waals surface area (Å²) in [5, 5.41) is 3.30. The average molecular weight is 355 g/mol. The zero-order valence-corrected chi connectivity index (χ0v) is 15.8. The lowest BCUT2D eigenvalue weighted by Gasteiger charge is -2.34. The van der Waals surface area contributed by atoms with E-state index in [1.165, 1.54) is 0 Å². The van der Waals surface area contributed by atoms with Crippen LogP contribution >= 0.6 is 0 Å². The third-order valence-corrected chi connectivity index (χ3v) is 4.98. The first-order valence-electron chi connectivity index (χ1n) is 9.03. The molecule has 3 rings (SSSR count). The second-order valence-corrected chi connectivity index (χ2v) is 6.67. The molecule has 1 aliphatic carbocycles. The van der Waals surface area contributed by atoms with Crippen molar-refractivity contribution in [3.63, 3.8) is 0 Å². The topological polar surface area (TPSA) is 64.6 Å². The van der Waals surface area contributed by atoms with Crippen molar-refractivity contribution >= 4 is 11.6 Å². The molecular weight excluding hydrogens is 330 g/mol. The number of carbonyl (C=O) groups excluding carboxylic acids is 2. The minimum Gasteiger partial charge on any atom is -0.493 e. The van der Waals surface area contributed by atoms with Crippen LogP contribution in [-0.4, -0.2) is 25.3 Å². The van der Waals surface area contributed by atoms with Gasteiger partial charge >= 0.3 is 0 Å². The summed E-state index contributed by atoms with van der Waals surface area (Å²) in [4.78, 5) is 25.1. The number of dihydropyridines is 1. The van der Waals surface area contributed by atoms with Gasteiger partial charge in [-0.25, -0.2) is 0 Å². The van der Waals surface area contributed by atoms with Gasteiger partial charge in [0.2, 0.25) is 0 Å². The highest BCUT2D eigenvalue weighted by molar-refractivity contribution is 6.05. The van der Waals surface area contributed by atoms with E-state index in [4.69, 9.17) is 9.47 Å². The van der Waals surface area contributed by atoms with E-state index in [0.29, 0.717) is 30.1 Å². The molecular formula is C21H25NO4. The van der Waals surface area contributed by atoms with Crippen molar-refractivity contribution in [3.8, 4) is 11.5 Å². The number of ether oxygens (including phenoxy) is 2. The van der Waals surface area contributed by atoms with Gasteiger partial charge in [-0.15, -0.1) is 0 Å². The predicted octanol–water partition coefficient (Wildman–Crippen LogP) is 3.65. The van der Waals surface area contributed by atoms with E-state index in [1.807, 2.05) is 32.0 Å². The Bertz CT molecular complexity index is 819.